The zero-order valence-electron chi connectivity index (χ0n) is 13.3. The summed E-state index contributed by atoms with van der Waals surface area (Å²) in [5, 5.41) is 10.3. The molecule has 1 aromatic rings. The lowest BCUT2D eigenvalue weighted by Gasteiger charge is -2.12. The molecule has 1 aromatic heterocycles. The molecule has 0 atom stereocenters. The molecule has 0 aromatic carbocycles. The number of rotatable bonds is 10. The van der Waals surface area contributed by atoms with Crippen molar-refractivity contribution < 1.29 is 17.9 Å². The topological polar surface area (TPSA) is 63.5 Å². The highest BCUT2D eigenvalue weighted by Crippen LogP contribution is 2.14. The van der Waals surface area contributed by atoms with Gasteiger partial charge in [0.25, 0.3) is 0 Å². The molecule has 0 radical (unpaired) electrons. The highest BCUT2D eigenvalue weighted by Gasteiger charge is 2.27. The molecule has 132 valence electrons. The number of nitrogens with zero attached hydrogens (tertiary/aromatic N) is 3. The average molecular weight is 335 g/mol. The fraction of sp³-hybridized carbons (Fsp3) is 0.714. The quantitative estimate of drug-likeness (QED) is 0.389. The Balaban J connectivity index is 2.14. The highest BCUT2D eigenvalue weighted by atomic mass is 19.4. The molecule has 1 heterocycles. The van der Waals surface area contributed by atoms with E-state index >= 15 is 0 Å². The number of halogens is 3. The van der Waals surface area contributed by atoms with Crippen LogP contribution in [-0.4, -0.2) is 54.8 Å². The number of aliphatic imine (C=N–C) groups is 1. The molecule has 0 bridgehead atoms. The second kappa shape index (κ2) is 10.9. The van der Waals surface area contributed by atoms with Crippen LogP contribution in [0.2, 0.25) is 0 Å². The van der Waals surface area contributed by atoms with Gasteiger partial charge >= 0.3 is 6.18 Å². The van der Waals surface area contributed by atoms with E-state index in [0.717, 1.165) is 19.5 Å². The number of ether oxygens (including phenoxy) is 1. The minimum absolute atomic E-state index is 0.0607. The summed E-state index contributed by atoms with van der Waals surface area (Å²) in [6.07, 6.45) is 0.697. The molecule has 0 aliphatic rings. The second-order valence-corrected chi connectivity index (χ2v) is 4.83. The van der Waals surface area contributed by atoms with E-state index < -0.39 is 12.8 Å². The van der Waals surface area contributed by atoms with Crippen molar-refractivity contribution in [2.75, 3.05) is 32.8 Å². The van der Waals surface area contributed by atoms with Crippen LogP contribution in [0.25, 0.3) is 0 Å². The van der Waals surface area contributed by atoms with Gasteiger partial charge in [-0.15, -0.1) is 0 Å². The lowest BCUT2D eigenvalue weighted by molar-refractivity contribution is -0.173. The first-order chi connectivity index (χ1) is 11.0. The molecule has 0 aliphatic heterocycles. The minimum atomic E-state index is -4.27. The molecule has 0 aliphatic carbocycles. The predicted octanol–water partition coefficient (Wildman–Crippen LogP) is 1.80. The van der Waals surface area contributed by atoms with E-state index in [1.165, 1.54) is 0 Å². The van der Waals surface area contributed by atoms with E-state index in [4.69, 9.17) is 0 Å². The Hall–Kier alpha value is -1.77. The van der Waals surface area contributed by atoms with Gasteiger partial charge in [-0.25, -0.2) is 0 Å². The van der Waals surface area contributed by atoms with E-state index in [-0.39, 0.29) is 6.61 Å². The van der Waals surface area contributed by atoms with Crippen molar-refractivity contribution in [2.24, 2.45) is 4.99 Å². The summed E-state index contributed by atoms with van der Waals surface area (Å²) in [7, 11) is 0. The predicted molar refractivity (Wildman–Crippen MR) is 82.3 cm³/mol. The van der Waals surface area contributed by atoms with Crippen LogP contribution in [0.3, 0.4) is 0 Å². The number of guanidine groups is 1. The third-order valence-corrected chi connectivity index (χ3v) is 2.74. The summed E-state index contributed by atoms with van der Waals surface area (Å²) >= 11 is 0. The molecule has 0 saturated carbocycles. The number of alkyl halides is 3. The molecule has 0 spiro atoms. The van der Waals surface area contributed by atoms with Crippen molar-refractivity contribution in [1.29, 1.82) is 0 Å². The van der Waals surface area contributed by atoms with Gasteiger partial charge in [-0.05, 0) is 25.8 Å². The zero-order chi connectivity index (χ0) is 17.0. The van der Waals surface area contributed by atoms with Crippen LogP contribution in [0, 0.1) is 0 Å². The van der Waals surface area contributed by atoms with Crippen molar-refractivity contribution in [3.8, 4) is 0 Å². The highest BCUT2D eigenvalue weighted by molar-refractivity contribution is 5.79. The van der Waals surface area contributed by atoms with E-state index in [1.54, 1.807) is 6.20 Å². The maximum Gasteiger partial charge on any atom is 0.411 e. The molecule has 2 N–H and O–H groups in total. The van der Waals surface area contributed by atoms with E-state index in [2.05, 4.69) is 25.5 Å². The Morgan fingerprint density at radius 1 is 1.30 bits per heavy atom. The van der Waals surface area contributed by atoms with Crippen LogP contribution in [-0.2, 0) is 11.3 Å². The van der Waals surface area contributed by atoms with Gasteiger partial charge in [0.2, 0.25) is 0 Å². The van der Waals surface area contributed by atoms with Gasteiger partial charge in [0.1, 0.15) is 6.61 Å². The van der Waals surface area contributed by atoms with Crippen LogP contribution >= 0.6 is 0 Å². The van der Waals surface area contributed by atoms with Crippen molar-refractivity contribution in [3.63, 3.8) is 0 Å². The third-order valence-electron chi connectivity index (χ3n) is 2.74. The maximum absolute atomic E-state index is 11.9. The molecule has 0 unspecified atom stereocenters. The molecule has 0 saturated heterocycles. The van der Waals surface area contributed by atoms with Gasteiger partial charge in [0.05, 0.1) is 0 Å². The Kier molecular flexibility index (Phi) is 9.11. The summed E-state index contributed by atoms with van der Waals surface area (Å²) in [4.78, 5) is 4.40. The first-order valence-corrected chi connectivity index (χ1v) is 7.65. The molecule has 23 heavy (non-hydrogen) atoms. The Labute approximate surface area is 134 Å². The molecular formula is C14H24F3N5O. The number of aromatic nitrogens is 2. The number of aryl methyl sites for hydroxylation is 1. The van der Waals surface area contributed by atoms with E-state index in [1.807, 2.05) is 23.9 Å². The van der Waals surface area contributed by atoms with Gasteiger partial charge in [-0.1, -0.05) is 0 Å². The van der Waals surface area contributed by atoms with Crippen LogP contribution in [0.4, 0.5) is 13.2 Å². The maximum atomic E-state index is 11.9. The summed E-state index contributed by atoms with van der Waals surface area (Å²) in [5.41, 5.74) is 0. The third kappa shape index (κ3) is 10.6. The normalized spacial score (nSPS) is 12.4. The Bertz CT molecular complexity index is 434. The van der Waals surface area contributed by atoms with Crippen LogP contribution in [0.1, 0.15) is 19.8 Å². The van der Waals surface area contributed by atoms with Gasteiger partial charge in [0.15, 0.2) is 5.96 Å². The second-order valence-electron chi connectivity index (χ2n) is 4.83. The van der Waals surface area contributed by atoms with Gasteiger partial charge < -0.3 is 15.4 Å². The number of nitrogens with one attached hydrogen (secondary N) is 2. The van der Waals surface area contributed by atoms with E-state index in [9.17, 15) is 13.2 Å². The average Bonchev–Trinajstić information content (AvgIpc) is 2.99. The first-order valence-electron chi connectivity index (χ1n) is 7.65. The SMILES string of the molecule is CCNC(=NCCCn1cccn1)NCCCOCC(F)(F)F. The lowest BCUT2D eigenvalue weighted by Crippen LogP contribution is -2.38. The van der Waals surface area contributed by atoms with Crippen LogP contribution in [0.5, 0.6) is 0 Å². The molecular weight excluding hydrogens is 311 g/mol. The fourth-order valence-electron chi connectivity index (χ4n) is 1.77. The molecule has 0 fully saturated rings. The Morgan fingerprint density at radius 3 is 2.78 bits per heavy atom. The molecule has 9 heteroatoms. The monoisotopic (exact) mass is 335 g/mol. The smallest absolute Gasteiger partial charge is 0.372 e. The van der Waals surface area contributed by atoms with Gasteiger partial charge in [-0.3, -0.25) is 9.67 Å². The van der Waals surface area contributed by atoms with Gasteiger partial charge in [-0.2, -0.15) is 18.3 Å². The zero-order valence-corrected chi connectivity index (χ0v) is 13.3. The fourth-order valence-corrected chi connectivity index (χ4v) is 1.77. The Morgan fingerprint density at radius 2 is 2.13 bits per heavy atom. The number of hydrogen-bond acceptors (Lipinski definition) is 3. The van der Waals surface area contributed by atoms with Crippen LogP contribution < -0.4 is 10.6 Å². The molecule has 6 nitrogen and oxygen atoms in total. The van der Waals surface area contributed by atoms with Crippen molar-refractivity contribution in [1.82, 2.24) is 20.4 Å². The first kappa shape index (κ1) is 19.3. The minimum Gasteiger partial charge on any atom is -0.372 e. The molecule has 1 rings (SSSR count). The lowest BCUT2D eigenvalue weighted by atomic mass is 10.4. The van der Waals surface area contributed by atoms with Crippen molar-refractivity contribution >= 4 is 5.96 Å². The summed E-state index contributed by atoms with van der Waals surface area (Å²) < 4.78 is 42.1. The van der Waals surface area contributed by atoms with Gasteiger partial charge in [0, 0.05) is 45.2 Å². The van der Waals surface area contributed by atoms with Crippen molar-refractivity contribution in [3.05, 3.63) is 18.5 Å². The largest absolute Gasteiger partial charge is 0.411 e. The summed E-state index contributed by atoms with van der Waals surface area (Å²) in [5.74, 6) is 0.656. The molecule has 0 amide bonds. The summed E-state index contributed by atoms with van der Waals surface area (Å²) in [6.45, 7) is 3.46. The number of hydrogen-bond donors (Lipinski definition) is 2. The van der Waals surface area contributed by atoms with E-state index in [0.29, 0.717) is 25.5 Å². The summed E-state index contributed by atoms with van der Waals surface area (Å²) in [6, 6.07) is 1.87. The standard InChI is InChI=1S/C14H24F3N5O/c1-2-18-13(19-6-3-9-22-10-4-8-21-22)20-7-5-11-23-12-14(15,16)17/h4,8,10H,2-3,5-7,9,11-12H2,1H3,(H2,18,19,20). The van der Waals surface area contributed by atoms with Crippen molar-refractivity contribution in [2.45, 2.75) is 32.5 Å². The van der Waals surface area contributed by atoms with Crippen LogP contribution in [0.15, 0.2) is 23.5 Å².